The minimum Gasteiger partial charge on any atom is -0.480 e. The fourth-order valence-corrected chi connectivity index (χ4v) is 3.26. The molecule has 27 heavy (non-hydrogen) atoms. The van der Waals surface area contributed by atoms with Crippen LogP contribution in [0.1, 0.15) is 45.6 Å². The van der Waals surface area contributed by atoms with Crippen molar-refractivity contribution in [3.63, 3.8) is 0 Å². The lowest BCUT2D eigenvalue weighted by Gasteiger charge is -2.26. The summed E-state index contributed by atoms with van der Waals surface area (Å²) in [5.41, 5.74) is 1.12. The minimum absolute atomic E-state index is 0. The van der Waals surface area contributed by atoms with Gasteiger partial charge in [0.2, 0.25) is 0 Å². The van der Waals surface area contributed by atoms with E-state index in [1.54, 1.807) is 19.9 Å². The molecule has 0 saturated carbocycles. The minimum atomic E-state index is -1.07. The molecule has 0 fully saturated rings. The first-order chi connectivity index (χ1) is 12.1. The molecule has 1 rings (SSSR count). The summed E-state index contributed by atoms with van der Waals surface area (Å²) in [6, 6.07) is 6.50. The maximum Gasteiger partial charge on any atom is 0.413 e. The van der Waals surface area contributed by atoms with Crippen LogP contribution in [0.4, 0.5) is 4.79 Å². The van der Waals surface area contributed by atoms with Gasteiger partial charge in [-0.25, -0.2) is 9.59 Å². The van der Waals surface area contributed by atoms with Crippen molar-refractivity contribution >= 4 is 25.6 Å². The molecule has 6 nitrogen and oxygen atoms in total. The highest BCUT2D eigenvalue weighted by Gasteiger charge is 2.24. The summed E-state index contributed by atoms with van der Waals surface area (Å²) >= 11 is 0. The SMILES string of the molecule is CC[C@H](c1cccc(OC(=O)N[C@H](C(=O)O)C(C)C)c1)[C@H](C)CN(C)C.S. The van der Waals surface area contributed by atoms with Gasteiger partial charge in [-0.2, -0.15) is 13.5 Å². The van der Waals surface area contributed by atoms with Crippen molar-refractivity contribution < 1.29 is 19.4 Å². The molecule has 0 aliphatic heterocycles. The Balaban J connectivity index is 0.00000676. The van der Waals surface area contributed by atoms with Crippen molar-refractivity contribution in [2.24, 2.45) is 11.8 Å². The molecule has 0 heterocycles. The van der Waals surface area contributed by atoms with Crippen LogP contribution in [0.2, 0.25) is 0 Å². The number of benzene rings is 1. The Hall–Kier alpha value is -1.73. The molecule has 0 unspecified atom stereocenters. The number of nitrogens with zero attached hydrogens (tertiary/aromatic N) is 1. The molecular weight excluding hydrogens is 364 g/mol. The maximum absolute atomic E-state index is 12.1. The van der Waals surface area contributed by atoms with Crippen LogP contribution in [0.25, 0.3) is 0 Å². The van der Waals surface area contributed by atoms with Gasteiger partial charge in [-0.1, -0.05) is 39.8 Å². The highest BCUT2D eigenvalue weighted by Crippen LogP contribution is 2.30. The largest absolute Gasteiger partial charge is 0.480 e. The van der Waals surface area contributed by atoms with E-state index in [0.29, 0.717) is 17.6 Å². The smallest absolute Gasteiger partial charge is 0.413 e. The van der Waals surface area contributed by atoms with Gasteiger partial charge in [0.1, 0.15) is 11.8 Å². The van der Waals surface area contributed by atoms with E-state index in [0.717, 1.165) is 18.5 Å². The van der Waals surface area contributed by atoms with Crippen LogP contribution in [0.15, 0.2) is 24.3 Å². The zero-order valence-corrected chi connectivity index (χ0v) is 18.2. The van der Waals surface area contributed by atoms with Crippen molar-refractivity contribution in [3.8, 4) is 5.75 Å². The maximum atomic E-state index is 12.1. The third kappa shape index (κ3) is 8.22. The molecule has 0 saturated heterocycles. The Morgan fingerprint density at radius 1 is 1.22 bits per heavy atom. The van der Waals surface area contributed by atoms with Crippen molar-refractivity contribution in [2.45, 2.75) is 46.1 Å². The first-order valence-corrected chi connectivity index (χ1v) is 9.11. The summed E-state index contributed by atoms with van der Waals surface area (Å²) in [6.45, 7) is 8.81. The number of ether oxygens (including phenoxy) is 1. The van der Waals surface area contributed by atoms with E-state index in [1.165, 1.54) is 0 Å². The van der Waals surface area contributed by atoms with Crippen LogP contribution in [-0.2, 0) is 4.79 Å². The predicted molar refractivity (Wildman–Crippen MR) is 113 cm³/mol. The first kappa shape index (κ1) is 25.3. The second-order valence-electron chi connectivity index (χ2n) is 7.42. The average molecular weight is 399 g/mol. The Morgan fingerprint density at radius 3 is 2.33 bits per heavy atom. The zero-order chi connectivity index (χ0) is 19.9. The molecule has 7 heteroatoms. The molecule has 0 aromatic heterocycles. The van der Waals surface area contributed by atoms with Gasteiger partial charge in [0.05, 0.1) is 0 Å². The molecule has 3 atom stereocenters. The van der Waals surface area contributed by atoms with E-state index in [9.17, 15) is 9.59 Å². The van der Waals surface area contributed by atoms with E-state index in [1.807, 2.05) is 18.2 Å². The highest BCUT2D eigenvalue weighted by molar-refractivity contribution is 7.59. The molecule has 0 spiro atoms. The zero-order valence-electron chi connectivity index (χ0n) is 17.2. The molecule has 0 radical (unpaired) electrons. The number of aliphatic carboxylic acids is 1. The van der Waals surface area contributed by atoms with Gasteiger partial charge in [-0.3, -0.25) is 0 Å². The lowest BCUT2D eigenvalue weighted by molar-refractivity contribution is -0.140. The summed E-state index contributed by atoms with van der Waals surface area (Å²) in [4.78, 5) is 25.4. The third-order valence-electron chi connectivity index (χ3n) is 4.48. The van der Waals surface area contributed by atoms with E-state index in [4.69, 9.17) is 9.84 Å². The van der Waals surface area contributed by atoms with Gasteiger partial charge in [0, 0.05) is 6.54 Å². The summed E-state index contributed by atoms with van der Waals surface area (Å²) in [6.07, 6.45) is 0.233. The van der Waals surface area contributed by atoms with Crippen LogP contribution in [0.5, 0.6) is 5.75 Å². The predicted octanol–water partition coefficient (Wildman–Crippen LogP) is 3.69. The Labute approximate surface area is 169 Å². The van der Waals surface area contributed by atoms with Gasteiger partial charge >= 0.3 is 12.1 Å². The number of nitrogens with one attached hydrogen (secondary N) is 1. The lowest BCUT2D eigenvalue weighted by atomic mass is 9.85. The number of carbonyl (C=O) groups is 2. The molecule has 1 aromatic carbocycles. The summed E-state index contributed by atoms with van der Waals surface area (Å²) in [5.74, 6) is -0.0803. The monoisotopic (exact) mass is 398 g/mol. The van der Waals surface area contributed by atoms with Gasteiger partial charge < -0.3 is 20.1 Å². The van der Waals surface area contributed by atoms with E-state index < -0.39 is 18.1 Å². The highest BCUT2D eigenvalue weighted by atomic mass is 32.1. The van der Waals surface area contributed by atoms with Gasteiger partial charge in [-0.15, -0.1) is 0 Å². The normalized spacial score (nSPS) is 14.2. The Bertz CT molecular complexity index is 607. The molecule has 1 aromatic rings. The number of hydrogen-bond donors (Lipinski definition) is 2. The van der Waals surface area contributed by atoms with Crippen LogP contribution in [0.3, 0.4) is 0 Å². The number of carboxylic acids is 1. The van der Waals surface area contributed by atoms with Crippen molar-refractivity contribution in [3.05, 3.63) is 29.8 Å². The summed E-state index contributed by atoms with van der Waals surface area (Å²) in [7, 11) is 4.11. The standard InChI is InChI=1S/C20H32N2O4.H2S/c1-7-17(14(4)12-22(5)6)15-9-8-10-16(11-15)26-20(25)21-18(13(2)3)19(23)24;/h8-11,13-14,17-18H,7,12H2,1-6H3,(H,21,25)(H,23,24);1H2/t14-,17+,18+;/m1./s1. The number of amides is 1. The second-order valence-corrected chi connectivity index (χ2v) is 7.42. The van der Waals surface area contributed by atoms with Crippen molar-refractivity contribution in [1.29, 1.82) is 0 Å². The van der Waals surface area contributed by atoms with Crippen LogP contribution in [0, 0.1) is 11.8 Å². The number of carboxylic acid groups (broad SMARTS) is 1. The van der Waals surface area contributed by atoms with Crippen molar-refractivity contribution in [1.82, 2.24) is 10.2 Å². The molecule has 154 valence electrons. The molecule has 0 aliphatic carbocycles. The van der Waals surface area contributed by atoms with Gasteiger partial charge in [0.25, 0.3) is 0 Å². The molecule has 1 amide bonds. The lowest BCUT2D eigenvalue weighted by Crippen LogP contribution is -2.45. The Kier molecular flexibility index (Phi) is 11.1. The van der Waals surface area contributed by atoms with Crippen LogP contribution in [-0.4, -0.2) is 48.8 Å². The summed E-state index contributed by atoms with van der Waals surface area (Å²) < 4.78 is 5.32. The molecule has 0 aliphatic rings. The van der Waals surface area contributed by atoms with E-state index >= 15 is 0 Å². The van der Waals surface area contributed by atoms with Crippen LogP contribution >= 0.6 is 13.5 Å². The van der Waals surface area contributed by atoms with E-state index in [-0.39, 0.29) is 19.4 Å². The van der Waals surface area contributed by atoms with Crippen LogP contribution < -0.4 is 10.1 Å². The number of carbonyl (C=O) groups excluding carboxylic acids is 1. The number of rotatable bonds is 9. The molecular formula is C20H34N2O4S. The number of hydrogen-bond acceptors (Lipinski definition) is 4. The van der Waals surface area contributed by atoms with E-state index in [2.05, 4.69) is 38.2 Å². The quantitative estimate of drug-likeness (QED) is 0.663. The topological polar surface area (TPSA) is 78.9 Å². The Morgan fingerprint density at radius 2 is 1.85 bits per heavy atom. The van der Waals surface area contributed by atoms with Crippen molar-refractivity contribution in [2.75, 3.05) is 20.6 Å². The second kappa shape index (κ2) is 11.9. The van der Waals surface area contributed by atoms with Gasteiger partial charge in [-0.05, 0) is 56.0 Å². The third-order valence-corrected chi connectivity index (χ3v) is 4.48. The van der Waals surface area contributed by atoms with Gasteiger partial charge in [0.15, 0.2) is 0 Å². The first-order valence-electron chi connectivity index (χ1n) is 9.11. The molecule has 2 N–H and O–H groups in total. The fourth-order valence-electron chi connectivity index (χ4n) is 3.26. The summed E-state index contributed by atoms with van der Waals surface area (Å²) in [5, 5.41) is 11.6. The molecule has 0 bridgehead atoms. The fraction of sp³-hybridized carbons (Fsp3) is 0.600. The average Bonchev–Trinajstić information content (AvgIpc) is 2.52.